The zero-order valence-corrected chi connectivity index (χ0v) is 14.3. The molecule has 1 aromatic carbocycles. The molecule has 9 heteroatoms. The van der Waals surface area contributed by atoms with Gasteiger partial charge in [0.15, 0.2) is 6.61 Å². The van der Waals surface area contributed by atoms with Gasteiger partial charge in [0.1, 0.15) is 11.6 Å². The molecule has 2 aromatic rings. The zero-order valence-electron chi connectivity index (χ0n) is 14.3. The van der Waals surface area contributed by atoms with Gasteiger partial charge in [-0.3, -0.25) is 9.59 Å². The summed E-state index contributed by atoms with van der Waals surface area (Å²) in [5.74, 6) is 0.00408. The maximum absolute atomic E-state index is 12.7. The Morgan fingerprint density at radius 2 is 1.96 bits per heavy atom. The Balaban J connectivity index is 1.66. The van der Waals surface area contributed by atoms with Gasteiger partial charge >= 0.3 is 6.18 Å². The second-order valence-electron chi connectivity index (χ2n) is 6.12. The lowest BCUT2D eigenvalue weighted by atomic mass is 10.1. The third kappa shape index (κ3) is 4.55. The predicted octanol–water partition coefficient (Wildman–Crippen LogP) is 2.79. The average molecular weight is 379 g/mol. The number of pyridine rings is 1. The topological polar surface area (TPSA) is 71.5 Å². The number of amides is 2. The highest BCUT2D eigenvalue weighted by molar-refractivity contribution is 6.04. The van der Waals surface area contributed by atoms with E-state index >= 15 is 0 Å². The number of hydrogen-bond donors (Lipinski definition) is 1. The van der Waals surface area contributed by atoms with Crippen LogP contribution in [0.4, 0.5) is 19.0 Å². The van der Waals surface area contributed by atoms with Gasteiger partial charge in [-0.1, -0.05) is 12.1 Å². The number of rotatable bonds is 5. The van der Waals surface area contributed by atoms with Gasteiger partial charge in [0.25, 0.3) is 5.91 Å². The van der Waals surface area contributed by atoms with E-state index in [-0.39, 0.29) is 30.5 Å². The van der Waals surface area contributed by atoms with Crippen LogP contribution in [-0.4, -0.2) is 41.5 Å². The van der Waals surface area contributed by atoms with Crippen LogP contribution in [0.1, 0.15) is 21.5 Å². The Morgan fingerprint density at radius 1 is 1.26 bits per heavy atom. The first-order chi connectivity index (χ1) is 12.7. The highest BCUT2D eigenvalue weighted by Crippen LogP contribution is 2.25. The van der Waals surface area contributed by atoms with Crippen LogP contribution in [0.3, 0.4) is 0 Å². The molecule has 0 aliphatic carbocycles. The van der Waals surface area contributed by atoms with E-state index in [0.29, 0.717) is 16.9 Å². The third-order valence-corrected chi connectivity index (χ3v) is 3.97. The predicted molar refractivity (Wildman–Crippen MR) is 90.4 cm³/mol. The molecular weight excluding hydrogens is 363 g/mol. The van der Waals surface area contributed by atoms with Gasteiger partial charge in [-0.15, -0.1) is 0 Å². The molecule has 0 bridgehead atoms. The monoisotopic (exact) mass is 379 g/mol. The number of halogens is 3. The average Bonchev–Trinajstić information content (AvgIpc) is 3.00. The zero-order chi connectivity index (χ0) is 19.6. The quantitative estimate of drug-likeness (QED) is 0.867. The number of benzene rings is 1. The highest BCUT2D eigenvalue weighted by Gasteiger charge is 2.28. The maximum Gasteiger partial charge on any atom is 0.422 e. The molecule has 2 heterocycles. The number of fused-ring (bicyclic) bond motifs is 1. The van der Waals surface area contributed by atoms with E-state index in [4.69, 9.17) is 0 Å². The number of hydrogen-bond acceptors (Lipinski definition) is 4. The largest absolute Gasteiger partial charge is 0.484 e. The molecule has 1 aromatic heterocycles. The summed E-state index contributed by atoms with van der Waals surface area (Å²) in [6, 6.07) is 7.60. The van der Waals surface area contributed by atoms with Gasteiger partial charge in [-0.25, -0.2) is 4.98 Å². The number of aromatic nitrogens is 1. The van der Waals surface area contributed by atoms with Gasteiger partial charge in [0, 0.05) is 30.9 Å². The molecule has 0 fully saturated rings. The minimum atomic E-state index is -4.40. The smallest absolute Gasteiger partial charge is 0.422 e. The molecular formula is C18H16F3N3O3. The van der Waals surface area contributed by atoms with Gasteiger partial charge in [0.2, 0.25) is 5.91 Å². The van der Waals surface area contributed by atoms with Gasteiger partial charge in [0.05, 0.1) is 6.42 Å². The summed E-state index contributed by atoms with van der Waals surface area (Å²) >= 11 is 0. The standard InChI is InChI=1S/C18H16F3N3O3/c1-24(9-11-2-4-12(5-3-11)27-10-18(19,20)21)17(26)13-6-7-22-16-14(13)8-15(25)23-16/h2-7H,8-10H2,1H3,(H,22,23,25). The Hall–Kier alpha value is -3.10. The van der Waals surface area contributed by atoms with E-state index in [1.54, 1.807) is 25.2 Å². The van der Waals surface area contributed by atoms with Crippen LogP contribution in [0.15, 0.2) is 36.5 Å². The molecule has 6 nitrogen and oxygen atoms in total. The Bertz CT molecular complexity index is 866. The van der Waals surface area contributed by atoms with E-state index < -0.39 is 12.8 Å². The highest BCUT2D eigenvalue weighted by atomic mass is 19.4. The Morgan fingerprint density at radius 3 is 2.63 bits per heavy atom. The minimum Gasteiger partial charge on any atom is -0.484 e. The van der Waals surface area contributed by atoms with Crippen molar-refractivity contribution in [2.45, 2.75) is 19.1 Å². The van der Waals surface area contributed by atoms with E-state index in [0.717, 1.165) is 5.56 Å². The molecule has 0 spiro atoms. The third-order valence-electron chi connectivity index (χ3n) is 3.97. The molecule has 27 heavy (non-hydrogen) atoms. The number of nitrogens with one attached hydrogen (secondary N) is 1. The summed E-state index contributed by atoms with van der Waals surface area (Å²) in [5, 5.41) is 2.60. The van der Waals surface area contributed by atoms with Crippen LogP contribution < -0.4 is 10.1 Å². The lowest BCUT2D eigenvalue weighted by Crippen LogP contribution is -2.27. The van der Waals surface area contributed by atoms with Crippen molar-refractivity contribution in [3.63, 3.8) is 0 Å². The molecule has 2 amide bonds. The van der Waals surface area contributed by atoms with Gasteiger partial charge < -0.3 is 15.0 Å². The van der Waals surface area contributed by atoms with Crippen molar-refractivity contribution in [3.05, 3.63) is 53.2 Å². The molecule has 1 aliphatic heterocycles. The molecule has 1 aliphatic rings. The van der Waals surface area contributed by atoms with Crippen molar-refractivity contribution in [1.82, 2.24) is 9.88 Å². The normalized spacial score (nSPS) is 13.1. The summed E-state index contributed by atoms with van der Waals surface area (Å²) in [5.41, 5.74) is 1.69. The number of anilines is 1. The van der Waals surface area contributed by atoms with Crippen molar-refractivity contribution in [2.75, 3.05) is 19.0 Å². The van der Waals surface area contributed by atoms with Crippen molar-refractivity contribution in [1.29, 1.82) is 0 Å². The SMILES string of the molecule is CN(Cc1ccc(OCC(F)(F)F)cc1)C(=O)c1ccnc2c1CC(=O)N2. The molecule has 0 saturated heterocycles. The van der Waals surface area contributed by atoms with Crippen molar-refractivity contribution in [3.8, 4) is 5.75 Å². The summed E-state index contributed by atoms with van der Waals surface area (Å²) in [6.07, 6.45) is -2.84. The molecule has 0 unspecified atom stereocenters. The fourth-order valence-electron chi connectivity index (χ4n) is 2.72. The Kier molecular flexibility index (Phi) is 5.02. The molecule has 0 saturated carbocycles. The molecule has 0 radical (unpaired) electrons. The van der Waals surface area contributed by atoms with Crippen molar-refractivity contribution >= 4 is 17.6 Å². The van der Waals surface area contributed by atoms with E-state index in [2.05, 4.69) is 15.0 Å². The van der Waals surface area contributed by atoms with E-state index in [1.807, 2.05) is 0 Å². The van der Waals surface area contributed by atoms with Crippen LogP contribution in [-0.2, 0) is 17.8 Å². The lowest BCUT2D eigenvalue weighted by molar-refractivity contribution is -0.153. The van der Waals surface area contributed by atoms with Crippen LogP contribution in [0.2, 0.25) is 0 Å². The molecule has 142 valence electrons. The first-order valence-electron chi connectivity index (χ1n) is 8.04. The number of alkyl halides is 3. The molecule has 1 N–H and O–H groups in total. The summed E-state index contributed by atoms with van der Waals surface area (Å²) in [4.78, 5) is 29.7. The van der Waals surface area contributed by atoms with Gasteiger partial charge in [-0.05, 0) is 23.8 Å². The lowest BCUT2D eigenvalue weighted by Gasteiger charge is -2.19. The van der Waals surface area contributed by atoms with Crippen LogP contribution >= 0.6 is 0 Å². The van der Waals surface area contributed by atoms with Crippen molar-refractivity contribution in [2.24, 2.45) is 0 Å². The fraction of sp³-hybridized carbons (Fsp3) is 0.278. The Labute approximate surface area is 152 Å². The second-order valence-corrected chi connectivity index (χ2v) is 6.12. The van der Waals surface area contributed by atoms with Crippen LogP contribution in [0, 0.1) is 0 Å². The number of carbonyl (C=O) groups is 2. The maximum atomic E-state index is 12.7. The summed E-state index contributed by atoms with van der Waals surface area (Å²) < 4.78 is 41.1. The minimum absolute atomic E-state index is 0.0987. The first kappa shape index (κ1) is 18.7. The van der Waals surface area contributed by atoms with Crippen molar-refractivity contribution < 1.29 is 27.5 Å². The summed E-state index contributed by atoms with van der Waals surface area (Å²) in [6.45, 7) is -1.11. The number of carbonyl (C=O) groups excluding carboxylic acids is 2. The number of nitrogens with zero attached hydrogens (tertiary/aromatic N) is 2. The molecule has 0 atom stereocenters. The first-order valence-corrected chi connectivity index (χ1v) is 8.04. The van der Waals surface area contributed by atoms with Gasteiger partial charge in [-0.2, -0.15) is 13.2 Å². The number of ether oxygens (including phenoxy) is 1. The fourth-order valence-corrected chi connectivity index (χ4v) is 2.72. The van der Waals surface area contributed by atoms with Crippen LogP contribution in [0.5, 0.6) is 5.75 Å². The summed E-state index contributed by atoms with van der Waals surface area (Å²) in [7, 11) is 1.60. The molecule has 3 rings (SSSR count). The van der Waals surface area contributed by atoms with Crippen LogP contribution in [0.25, 0.3) is 0 Å². The second kappa shape index (κ2) is 7.26. The van der Waals surface area contributed by atoms with E-state index in [9.17, 15) is 22.8 Å². The van der Waals surface area contributed by atoms with E-state index in [1.165, 1.54) is 23.2 Å².